The van der Waals surface area contributed by atoms with Gasteiger partial charge in [0.2, 0.25) is 5.91 Å². The van der Waals surface area contributed by atoms with E-state index in [2.05, 4.69) is 11.9 Å². The molecule has 0 saturated heterocycles. The molecule has 0 aromatic heterocycles. The molecule has 6 nitrogen and oxygen atoms in total. The van der Waals surface area contributed by atoms with Crippen molar-refractivity contribution in [1.82, 2.24) is 5.32 Å². The van der Waals surface area contributed by atoms with E-state index < -0.39 is 23.6 Å². The van der Waals surface area contributed by atoms with E-state index in [9.17, 15) is 15.0 Å². The molecule has 16 heavy (non-hydrogen) atoms. The number of phenolic OH excluding ortho intramolecular Hbond substituents is 3. The number of rotatable bonds is 3. The second kappa shape index (κ2) is 4.54. The largest absolute Gasteiger partial charge is 0.508 e. The molecule has 0 saturated carbocycles. The van der Waals surface area contributed by atoms with Crippen molar-refractivity contribution >= 4 is 5.91 Å². The molecule has 0 aliphatic carbocycles. The van der Waals surface area contributed by atoms with Gasteiger partial charge >= 0.3 is 0 Å². The maximum absolute atomic E-state index is 10.9. The van der Waals surface area contributed by atoms with Crippen LogP contribution in [0.4, 0.5) is 0 Å². The number of nitrogens with one attached hydrogen (secondary N) is 1. The number of carbonyl (C=O) groups is 1. The highest BCUT2D eigenvalue weighted by molar-refractivity contribution is 5.87. The molecule has 0 aliphatic heterocycles. The minimum atomic E-state index is -1.55. The number of hydrogen-bond acceptors (Lipinski definition) is 5. The Bertz CT molecular complexity index is 429. The SMILES string of the molecule is C=CC(=O)NC(O)c1cc(O)cc(O)c1O. The molecule has 0 fully saturated rings. The Kier molecular flexibility index (Phi) is 3.37. The zero-order chi connectivity index (χ0) is 12.3. The molecule has 1 aromatic rings. The van der Waals surface area contributed by atoms with Gasteiger partial charge in [-0.15, -0.1) is 0 Å². The summed E-state index contributed by atoms with van der Waals surface area (Å²) in [6.07, 6.45) is -0.619. The Labute approximate surface area is 91.1 Å². The van der Waals surface area contributed by atoms with Crippen LogP contribution in [-0.2, 0) is 4.79 Å². The van der Waals surface area contributed by atoms with Crippen LogP contribution < -0.4 is 5.32 Å². The fraction of sp³-hybridized carbons (Fsp3) is 0.100. The van der Waals surface area contributed by atoms with E-state index in [0.29, 0.717) is 0 Å². The number of aromatic hydroxyl groups is 3. The summed E-state index contributed by atoms with van der Waals surface area (Å²) in [6, 6.07) is 1.92. The Hall–Kier alpha value is -2.21. The summed E-state index contributed by atoms with van der Waals surface area (Å²) in [5.74, 6) is -2.22. The van der Waals surface area contributed by atoms with Crippen molar-refractivity contribution in [2.75, 3.05) is 0 Å². The maximum atomic E-state index is 10.9. The smallest absolute Gasteiger partial charge is 0.245 e. The number of amides is 1. The summed E-state index contributed by atoms with van der Waals surface area (Å²) in [7, 11) is 0. The molecule has 1 aromatic carbocycles. The van der Waals surface area contributed by atoms with Gasteiger partial charge in [-0.05, 0) is 12.1 Å². The van der Waals surface area contributed by atoms with Crippen LogP contribution in [0.2, 0.25) is 0 Å². The summed E-state index contributed by atoms with van der Waals surface area (Å²) >= 11 is 0. The van der Waals surface area contributed by atoms with Crippen LogP contribution in [0.15, 0.2) is 24.8 Å². The highest BCUT2D eigenvalue weighted by Crippen LogP contribution is 2.35. The minimum Gasteiger partial charge on any atom is -0.508 e. The van der Waals surface area contributed by atoms with Gasteiger partial charge in [0.15, 0.2) is 17.7 Å². The summed E-state index contributed by atoms with van der Waals surface area (Å²) in [4.78, 5) is 10.9. The molecule has 86 valence electrons. The lowest BCUT2D eigenvalue weighted by molar-refractivity contribution is -0.119. The van der Waals surface area contributed by atoms with Gasteiger partial charge in [-0.3, -0.25) is 4.79 Å². The van der Waals surface area contributed by atoms with Gasteiger partial charge in [0, 0.05) is 6.07 Å². The number of hydrogen-bond donors (Lipinski definition) is 5. The van der Waals surface area contributed by atoms with Gasteiger partial charge in [0.25, 0.3) is 0 Å². The van der Waals surface area contributed by atoms with E-state index >= 15 is 0 Å². The van der Waals surface area contributed by atoms with Crippen molar-refractivity contribution in [1.29, 1.82) is 0 Å². The predicted octanol–water partition coefficient (Wildman–Crippen LogP) is 0.0965. The zero-order valence-electron chi connectivity index (χ0n) is 8.21. The van der Waals surface area contributed by atoms with Gasteiger partial charge in [-0.25, -0.2) is 0 Å². The first-order chi connectivity index (χ1) is 7.45. The Morgan fingerprint density at radius 2 is 2.00 bits per heavy atom. The molecule has 5 N–H and O–H groups in total. The van der Waals surface area contributed by atoms with Crippen LogP contribution in [0.5, 0.6) is 17.2 Å². The Morgan fingerprint density at radius 1 is 1.38 bits per heavy atom. The van der Waals surface area contributed by atoms with Crippen LogP contribution in [0, 0.1) is 0 Å². The lowest BCUT2D eigenvalue weighted by Gasteiger charge is -2.14. The first-order valence-corrected chi connectivity index (χ1v) is 4.31. The molecule has 6 heteroatoms. The van der Waals surface area contributed by atoms with E-state index in [0.717, 1.165) is 18.2 Å². The van der Waals surface area contributed by atoms with Crippen molar-refractivity contribution in [2.24, 2.45) is 0 Å². The van der Waals surface area contributed by atoms with Crippen molar-refractivity contribution in [3.05, 3.63) is 30.4 Å². The average molecular weight is 225 g/mol. The van der Waals surface area contributed by atoms with Crippen molar-refractivity contribution in [3.63, 3.8) is 0 Å². The quantitative estimate of drug-likeness (QED) is 0.217. The molecule has 1 rings (SSSR count). The summed E-state index contributed by atoms with van der Waals surface area (Å²) in [5, 5.41) is 39.2. The number of benzene rings is 1. The lowest BCUT2D eigenvalue weighted by atomic mass is 10.1. The highest BCUT2D eigenvalue weighted by atomic mass is 16.3. The topological polar surface area (TPSA) is 110 Å². The molecule has 0 heterocycles. The summed E-state index contributed by atoms with van der Waals surface area (Å²) in [6.45, 7) is 3.18. The Morgan fingerprint density at radius 3 is 2.56 bits per heavy atom. The van der Waals surface area contributed by atoms with Gasteiger partial charge in [0.05, 0.1) is 5.56 Å². The molecule has 0 spiro atoms. The summed E-state index contributed by atoms with van der Waals surface area (Å²) < 4.78 is 0. The van der Waals surface area contributed by atoms with E-state index in [1.807, 2.05) is 0 Å². The number of phenols is 3. The van der Waals surface area contributed by atoms with E-state index in [4.69, 9.17) is 10.2 Å². The number of aliphatic hydroxyl groups is 1. The van der Waals surface area contributed by atoms with Crippen LogP contribution in [0.1, 0.15) is 11.8 Å². The van der Waals surface area contributed by atoms with Crippen LogP contribution >= 0.6 is 0 Å². The number of aliphatic hydroxyl groups excluding tert-OH is 1. The van der Waals surface area contributed by atoms with E-state index in [1.54, 1.807) is 0 Å². The van der Waals surface area contributed by atoms with Crippen LogP contribution in [-0.4, -0.2) is 26.3 Å². The molecule has 1 amide bonds. The van der Waals surface area contributed by atoms with Crippen molar-refractivity contribution < 1.29 is 25.2 Å². The van der Waals surface area contributed by atoms with Crippen molar-refractivity contribution in [3.8, 4) is 17.2 Å². The summed E-state index contributed by atoms with van der Waals surface area (Å²) in [5.41, 5.74) is -0.215. The van der Waals surface area contributed by atoms with Gasteiger partial charge < -0.3 is 25.7 Å². The zero-order valence-corrected chi connectivity index (χ0v) is 8.21. The van der Waals surface area contributed by atoms with Gasteiger partial charge in [-0.1, -0.05) is 6.58 Å². The van der Waals surface area contributed by atoms with Gasteiger partial charge in [-0.2, -0.15) is 0 Å². The first kappa shape index (κ1) is 11.9. The fourth-order valence-corrected chi connectivity index (χ4v) is 1.11. The standard InChI is InChI=1S/C10H11NO5/c1-2-8(14)11-10(16)6-3-5(12)4-7(13)9(6)15/h2-4,10,12-13,15-16H,1H2,(H,11,14). The number of carbonyl (C=O) groups excluding carboxylic acids is 1. The predicted molar refractivity (Wildman–Crippen MR) is 54.7 cm³/mol. The lowest BCUT2D eigenvalue weighted by Crippen LogP contribution is -2.26. The van der Waals surface area contributed by atoms with Crippen molar-refractivity contribution in [2.45, 2.75) is 6.23 Å². The molecule has 0 aliphatic rings. The second-order valence-corrected chi connectivity index (χ2v) is 3.02. The molecular weight excluding hydrogens is 214 g/mol. The van der Waals surface area contributed by atoms with Gasteiger partial charge in [0.1, 0.15) is 5.75 Å². The normalized spacial score (nSPS) is 11.8. The third kappa shape index (κ3) is 2.43. The first-order valence-electron chi connectivity index (χ1n) is 4.31. The maximum Gasteiger partial charge on any atom is 0.245 e. The fourth-order valence-electron chi connectivity index (χ4n) is 1.11. The third-order valence-electron chi connectivity index (χ3n) is 1.86. The van der Waals surface area contributed by atoms with Crippen LogP contribution in [0.25, 0.3) is 0 Å². The molecule has 1 atom stereocenters. The van der Waals surface area contributed by atoms with E-state index in [-0.39, 0.29) is 11.3 Å². The Balaban J connectivity index is 3.03. The molecule has 0 radical (unpaired) electrons. The van der Waals surface area contributed by atoms with E-state index in [1.165, 1.54) is 0 Å². The molecular formula is C10H11NO5. The average Bonchev–Trinajstić information content (AvgIpc) is 2.22. The minimum absolute atomic E-state index is 0.215. The highest BCUT2D eigenvalue weighted by Gasteiger charge is 2.17. The van der Waals surface area contributed by atoms with Crippen LogP contribution in [0.3, 0.4) is 0 Å². The molecule has 0 bridgehead atoms. The second-order valence-electron chi connectivity index (χ2n) is 3.02. The monoisotopic (exact) mass is 225 g/mol. The third-order valence-corrected chi connectivity index (χ3v) is 1.86. The molecule has 1 unspecified atom stereocenters.